The minimum Gasteiger partial charge on any atom is -0.402 e. The van der Waals surface area contributed by atoms with Gasteiger partial charge in [-0.05, 0) is 64.6 Å². The van der Waals surface area contributed by atoms with Crippen LogP contribution in [0, 0.1) is 11.8 Å². The molecular weight excluding hydrogens is 445 g/mol. The molecule has 0 aromatic carbocycles. The first kappa shape index (κ1) is 23.4. The number of alkyl halides is 3. The summed E-state index contributed by atoms with van der Waals surface area (Å²) in [6.45, 7) is 9.86. The van der Waals surface area contributed by atoms with Gasteiger partial charge in [-0.1, -0.05) is 0 Å². The molecule has 3 aliphatic rings. The van der Waals surface area contributed by atoms with Crippen LogP contribution in [-0.4, -0.2) is 69.7 Å². The lowest BCUT2D eigenvalue weighted by molar-refractivity contribution is -0.274. The number of ether oxygens (including phenoxy) is 1. The van der Waals surface area contributed by atoms with Crippen LogP contribution in [0.2, 0.25) is 0 Å². The summed E-state index contributed by atoms with van der Waals surface area (Å²) in [4.78, 5) is 9.00. The first-order valence-corrected chi connectivity index (χ1v) is 12.1. The zero-order chi connectivity index (χ0) is 24.4. The van der Waals surface area contributed by atoms with E-state index in [1.54, 1.807) is 0 Å². The van der Waals surface area contributed by atoms with Crippen molar-refractivity contribution in [3.8, 4) is 17.0 Å². The molecule has 2 aromatic rings. The third kappa shape index (κ3) is 4.37. The van der Waals surface area contributed by atoms with Crippen molar-refractivity contribution in [2.75, 3.05) is 32.4 Å². The van der Waals surface area contributed by atoms with Gasteiger partial charge in [0.1, 0.15) is 0 Å². The van der Waals surface area contributed by atoms with Gasteiger partial charge in [-0.25, -0.2) is 4.98 Å². The van der Waals surface area contributed by atoms with E-state index in [9.17, 15) is 13.2 Å². The predicted molar refractivity (Wildman–Crippen MR) is 123 cm³/mol. The maximum atomic E-state index is 12.8. The van der Waals surface area contributed by atoms with E-state index in [1.807, 2.05) is 10.7 Å². The molecule has 2 aliphatic carbocycles. The minimum absolute atomic E-state index is 0.145. The van der Waals surface area contributed by atoms with Gasteiger partial charge < -0.3 is 15.4 Å². The second kappa shape index (κ2) is 8.41. The molecule has 3 fully saturated rings. The summed E-state index contributed by atoms with van der Waals surface area (Å²) in [5.41, 5.74) is 7.83. The third-order valence-corrected chi connectivity index (χ3v) is 7.77. The molecule has 0 spiro atoms. The molecule has 10 heteroatoms. The standard InChI is InChI=1S/C24H33F3N6O/c1-13(2)33-20(10-19(30-33)15-7-21(23(28)29-11-15)34-24(25,26)27)22-17-8-16(9-18(17)22)32-6-5-31(4)12-14(32)3/h7,10-11,13-14,16-18,22H,5-6,8-9,12H2,1-4H3,(H2,28,29)/t14-,16?,17-,18+,22?/m0/s1. The lowest BCUT2D eigenvalue weighted by Gasteiger charge is -2.42. The zero-order valence-electron chi connectivity index (χ0n) is 20.1. The van der Waals surface area contributed by atoms with Crippen molar-refractivity contribution < 1.29 is 17.9 Å². The Balaban J connectivity index is 1.35. The number of nitrogens with zero attached hydrogens (tertiary/aromatic N) is 5. The Hall–Kier alpha value is -2.33. The molecule has 5 atom stereocenters. The summed E-state index contributed by atoms with van der Waals surface area (Å²) >= 11 is 0. The average molecular weight is 479 g/mol. The number of hydrogen-bond acceptors (Lipinski definition) is 6. The number of fused-ring (bicyclic) bond motifs is 1. The van der Waals surface area contributed by atoms with Crippen LogP contribution in [0.5, 0.6) is 5.75 Å². The summed E-state index contributed by atoms with van der Waals surface area (Å²) in [5.74, 6) is 0.944. The number of halogens is 3. The van der Waals surface area contributed by atoms with Crippen LogP contribution in [0.1, 0.15) is 51.3 Å². The first-order valence-electron chi connectivity index (χ1n) is 12.1. The van der Waals surface area contributed by atoms with Gasteiger partial charge in [0.2, 0.25) is 0 Å². The molecule has 0 radical (unpaired) electrons. The van der Waals surface area contributed by atoms with E-state index in [2.05, 4.69) is 47.3 Å². The van der Waals surface area contributed by atoms with Gasteiger partial charge in [0.25, 0.3) is 0 Å². The molecule has 5 rings (SSSR count). The fourth-order valence-electron chi connectivity index (χ4n) is 6.23. The first-order chi connectivity index (χ1) is 16.0. The second-order valence-electron chi connectivity index (χ2n) is 10.5. The average Bonchev–Trinajstić information content (AvgIpc) is 3.09. The van der Waals surface area contributed by atoms with E-state index < -0.39 is 12.1 Å². The highest BCUT2D eigenvalue weighted by Gasteiger charge is 2.59. The summed E-state index contributed by atoms with van der Waals surface area (Å²) in [7, 11) is 2.19. The number of nitrogens with two attached hydrogens (primary N) is 1. The molecule has 3 heterocycles. The second-order valence-corrected chi connectivity index (χ2v) is 10.5. The van der Waals surface area contributed by atoms with Gasteiger partial charge in [0, 0.05) is 61.1 Å². The van der Waals surface area contributed by atoms with E-state index in [0.29, 0.717) is 41.1 Å². The number of pyridine rings is 1. The number of likely N-dealkylation sites (N-methyl/N-ethyl adjacent to an activating group) is 1. The monoisotopic (exact) mass is 478 g/mol. The number of rotatable bonds is 5. The number of hydrogen-bond donors (Lipinski definition) is 1. The molecule has 0 bridgehead atoms. The normalized spacial score (nSPS) is 30.1. The molecule has 2 aromatic heterocycles. The maximum Gasteiger partial charge on any atom is 0.573 e. The highest BCUT2D eigenvalue weighted by molar-refractivity contribution is 5.64. The molecule has 1 saturated heterocycles. The number of piperazine rings is 1. The van der Waals surface area contributed by atoms with E-state index in [1.165, 1.54) is 30.8 Å². The Bertz CT molecular complexity index is 1040. The topological polar surface area (TPSA) is 72.4 Å². The zero-order valence-corrected chi connectivity index (χ0v) is 20.1. The smallest absolute Gasteiger partial charge is 0.402 e. The van der Waals surface area contributed by atoms with Crippen LogP contribution in [0.3, 0.4) is 0 Å². The van der Waals surface area contributed by atoms with E-state index in [4.69, 9.17) is 10.8 Å². The van der Waals surface area contributed by atoms with E-state index in [-0.39, 0.29) is 11.9 Å². The van der Waals surface area contributed by atoms with Crippen molar-refractivity contribution in [3.05, 3.63) is 24.0 Å². The highest BCUT2D eigenvalue weighted by atomic mass is 19.4. The fraction of sp³-hybridized carbons (Fsp3) is 0.667. The van der Waals surface area contributed by atoms with Crippen molar-refractivity contribution in [2.24, 2.45) is 11.8 Å². The van der Waals surface area contributed by atoms with E-state index >= 15 is 0 Å². The van der Waals surface area contributed by atoms with Crippen LogP contribution in [0.25, 0.3) is 11.3 Å². The summed E-state index contributed by atoms with van der Waals surface area (Å²) in [6.07, 6.45) is -0.974. The van der Waals surface area contributed by atoms with Gasteiger partial charge in [0.05, 0.1) is 5.69 Å². The lowest BCUT2D eigenvalue weighted by atomic mass is 10.00. The van der Waals surface area contributed by atoms with Crippen LogP contribution in [-0.2, 0) is 0 Å². The Kier molecular flexibility index (Phi) is 5.79. The molecule has 0 amide bonds. The Morgan fingerprint density at radius 3 is 2.47 bits per heavy atom. The summed E-state index contributed by atoms with van der Waals surface area (Å²) in [6, 6.07) is 4.66. The molecule has 2 N–H and O–H groups in total. The SMILES string of the molecule is CC(C)n1nc(-c2cnc(N)c(OC(F)(F)F)c2)cc1C1[C@H]2CC(N3CCN(C)C[C@@H]3C)C[C@@H]12. The summed E-state index contributed by atoms with van der Waals surface area (Å²) in [5, 5.41) is 4.75. The molecule has 2 saturated carbocycles. The van der Waals surface area contributed by atoms with Gasteiger partial charge in [0.15, 0.2) is 11.6 Å². The van der Waals surface area contributed by atoms with Crippen molar-refractivity contribution in [2.45, 2.75) is 64.0 Å². The minimum atomic E-state index is -4.83. The van der Waals surface area contributed by atoms with Crippen LogP contribution in [0.4, 0.5) is 19.0 Å². The van der Waals surface area contributed by atoms with Gasteiger partial charge in [-0.15, -0.1) is 13.2 Å². The van der Waals surface area contributed by atoms with Crippen molar-refractivity contribution in [3.63, 3.8) is 0 Å². The molecular formula is C24H33F3N6O. The molecule has 186 valence electrons. The number of aromatic nitrogens is 3. The van der Waals surface area contributed by atoms with Crippen LogP contribution in [0.15, 0.2) is 18.3 Å². The van der Waals surface area contributed by atoms with E-state index in [0.717, 1.165) is 19.6 Å². The van der Waals surface area contributed by atoms with Gasteiger partial charge >= 0.3 is 6.36 Å². The number of nitrogen functional groups attached to an aromatic ring is 1. The Morgan fingerprint density at radius 1 is 1.15 bits per heavy atom. The molecule has 1 aliphatic heterocycles. The van der Waals surface area contributed by atoms with Crippen LogP contribution >= 0.6 is 0 Å². The lowest BCUT2D eigenvalue weighted by Crippen LogP contribution is -2.54. The van der Waals surface area contributed by atoms with Crippen molar-refractivity contribution in [1.82, 2.24) is 24.6 Å². The predicted octanol–water partition coefficient (Wildman–Crippen LogP) is 4.13. The summed E-state index contributed by atoms with van der Waals surface area (Å²) < 4.78 is 44.3. The quantitative estimate of drug-likeness (QED) is 0.697. The maximum absolute atomic E-state index is 12.8. The van der Waals surface area contributed by atoms with Gasteiger partial charge in [-0.3, -0.25) is 9.58 Å². The van der Waals surface area contributed by atoms with Gasteiger partial charge in [-0.2, -0.15) is 5.10 Å². The largest absolute Gasteiger partial charge is 0.573 e. The molecule has 7 nitrogen and oxygen atoms in total. The third-order valence-electron chi connectivity index (χ3n) is 7.77. The van der Waals surface area contributed by atoms with Crippen molar-refractivity contribution >= 4 is 5.82 Å². The highest BCUT2D eigenvalue weighted by Crippen LogP contribution is 2.64. The van der Waals surface area contributed by atoms with Crippen LogP contribution < -0.4 is 10.5 Å². The van der Waals surface area contributed by atoms with Crippen molar-refractivity contribution in [1.29, 1.82) is 0 Å². The molecule has 34 heavy (non-hydrogen) atoms. The Morgan fingerprint density at radius 2 is 1.85 bits per heavy atom. The fourth-order valence-corrected chi connectivity index (χ4v) is 6.23. The molecule has 2 unspecified atom stereocenters. The Labute approximate surface area is 198 Å². The number of anilines is 1.